The minimum atomic E-state index is -3.44. The number of carbonyl (C=O) groups excluding carboxylic acids is 2. The first-order valence-corrected chi connectivity index (χ1v) is 9.61. The molecule has 0 radical (unpaired) electrons. The molecule has 3 aromatic rings. The van der Waals surface area contributed by atoms with Crippen LogP contribution in [0.3, 0.4) is 0 Å². The van der Waals surface area contributed by atoms with E-state index in [1.54, 1.807) is 18.2 Å². The molecule has 0 unspecified atom stereocenters. The molecule has 3 rings (SSSR count). The summed E-state index contributed by atoms with van der Waals surface area (Å²) >= 11 is 5.88. The lowest BCUT2D eigenvalue weighted by Gasteiger charge is -2.07. The number of benzene rings is 2. The SMILES string of the molecule is CS(=O)(=O)c1cccc(C(=O)NNC(=O)c2cc3cc(Cl)ccc3o2)c1. The molecule has 1 heterocycles. The third kappa shape index (κ3) is 3.87. The fourth-order valence-electron chi connectivity index (χ4n) is 2.24. The summed E-state index contributed by atoms with van der Waals surface area (Å²) in [7, 11) is -3.44. The van der Waals surface area contributed by atoms with Gasteiger partial charge in [0.15, 0.2) is 15.6 Å². The number of amides is 2. The molecule has 0 saturated heterocycles. The van der Waals surface area contributed by atoms with Crippen molar-refractivity contribution in [2.45, 2.75) is 4.90 Å². The van der Waals surface area contributed by atoms with Crippen molar-refractivity contribution in [3.63, 3.8) is 0 Å². The maximum atomic E-state index is 12.1. The molecule has 134 valence electrons. The molecule has 2 N–H and O–H groups in total. The van der Waals surface area contributed by atoms with Gasteiger partial charge in [-0.3, -0.25) is 20.4 Å². The van der Waals surface area contributed by atoms with Gasteiger partial charge in [0.1, 0.15) is 5.58 Å². The van der Waals surface area contributed by atoms with Gasteiger partial charge in [0.05, 0.1) is 4.90 Å². The Labute approximate surface area is 153 Å². The molecule has 1 aromatic heterocycles. The Kier molecular flexibility index (Phi) is 4.71. The summed E-state index contributed by atoms with van der Waals surface area (Å²) in [6.07, 6.45) is 1.04. The van der Waals surface area contributed by atoms with E-state index in [4.69, 9.17) is 16.0 Å². The average molecular weight is 393 g/mol. The van der Waals surface area contributed by atoms with Crippen molar-refractivity contribution in [2.75, 3.05) is 6.26 Å². The van der Waals surface area contributed by atoms with Crippen LogP contribution >= 0.6 is 11.6 Å². The van der Waals surface area contributed by atoms with E-state index >= 15 is 0 Å². The summed E-state index contributed by atoms with van der Waals surface area (Å²) in [6, 6.07) is 11.9. The minimum absolute atomic E-state index is 0.00522. The molecule has 0 aliphatic heterocycles. The van der Waals surface area contributed by atoms with Crippen LogP contribution < -0.4 is 10.9 Å². The van der Waals surface area contributed by atoms with Crippen LogP contribution in [0.1, 0.15) is 20.9 Å². The molecule has 0 aliphatic carbocycles. The predicted octanol–water partition coefficient (Wildman–Crippen LogP) is 2.56. The lowest BCUT2D eigenvalue weighted by atomic mass is 10.2. The highest BCUT2D eigenvalue weighted by atomic mass is 35.5. The second-order valence-electron chi connectivity index (χ2n) is 5.50. The maximum Gasteiger partial charge on any atom is 0.305 e. The van der Waals surface area contributed by atoms with Crippen molar-refractivity contribution >= 4 is 44.2 Å². The van der Waals surface area contributed by atoms with Crippen LogP contribution in [0.5, 0.6) is 0 Å². The van der Waals surface area contributed by atoms with E-state index in [9.17, 15) is 18.0 Å². The number of hydrazine groups is 1. The summed E-state index contributed by atoms with van der Waals surface area (Å²) in [5, 5.41) is 1.15. The van der Waals surface area contributed by atoms with Gasteiger partial charge in [-0.25, -0.2) is 8.42 Å². The summed E-state index contributed by atoms with van der Waals surface area (Å²) in [5.74, 6) is -1.33. The quantitative estimate of drug-likeness (QED) is 0.666. The van der Waals surface area contributed by atoms with Crippen LogP contribution in [0, 0.1) is 0 Å². The molecule has 2 amide bonds. The molecule has 9 heteroatoms. The Balaban J connectivity index is 1.71. The van der Waals surface area contributed by atoms with Gasteiger partial charge in [0.2, 0.25) is 0 Å². The smallest absolute Gasteiger partial charge is 0.305 e. The first-order chi connectivity index (χ1) is 12.2. The third-order valence-electron chi connectivity index (χ3n) is 3.52. The highest BCUT2D eigenvalue weighted by molar-refractivity contribution is 7.90. The Morgan fingerprint density at radius 3 is 2.46 bits per heavy atom. The summed E-state index contributed by atoms with van der Waals surface area (Å²) in [4.78, 5) is 24.2. The molecule has 0 fully saturated rings. The highest BCUT2D eigenvalue weighted by Gasteiger charge is 2.15. The average Bonchev–Trinajstić information content (AvgIpc) is 3.02. The van der Waals surface area contributed by atoms with Crippen LogP contribution in [-0.4, -0.2) is 26.5 Å². The van der Waals surface area contributed by atoms with Crippen molar-refractivity contribution in [1.29, 1.82) is 0 Å². The first kappa shape index (κ1) is 18.0. The molecule has 0 aliphatic rings. The van der Waals surface area contributed by atoms with Crippen LogP contribution in [0.25, 0.3) is 11.0 Å². The Morgan fingerprint density at radius 1 is 1.00 bits per heavy atom. The summed E-state index contributed by atoms with van der Waals surface area (Å²) in [6.45, 7) is 0. The third-order valence-corrected chi connectivity index (χ3v) is 4.86. The molecule has 0 saturated carbocycles. The van der Waals surface area contributed by atoms with E-state index in [-0.39, 0.29) is 16.2 Å². The van der Waals surface area contributed by atoms with Crippen LogP contribution in [0.4, 0.5) is 0 Å². The van der Waals surface area contributed by atoms with E-state index in [1.165, 1.54) is 30.3 Å². The van der Waals surface area contributed by atoms with Gasteiger partial charge in [-0.05, 0) is 42.5 Å². The number of halogens is 1. The van der Waals surface area contributed by atoms with Crippen molar-refractivity contribution in [3.8, 4) is 0 Å². The van der Waals surface area contributed by atoms with E-state index in [0.717, 1.165) is 6.26 Å². The normalized spacial score (nSPS) is 11.3. The number of carbonyl (C=O) groups is 2. The minimum Gasteiger partial charge on any atom is -0.451 e. The van der Waals surface area contributed by atoms with Crippen LogP contribution in [-0.2, 0) is 9.84 Å². The monoisotopic (exact) mass is 392 g/mol. The van der Waals surface area contributed by atoms with Gasteiger partial charge >= 0.3 is 5.91 Å². The molecule has 26 heavy (non-hydrogen) atoms. The standard InChI is InChI=1S/C17H13ClN2O5S/c1-26(23,24)13-4-2-3-10(8-13)16(21)19-20-17(22)15-9-11-7-12(18)5-6-14(11)25-15/h2-9H,1H3,(H,19,21)(H,20,22). The maximum absolute atomic E-state index is 12.1. The lowest BCUT2D eigenvalue weighted by Crippen LogP contribution is -2.41. The number of hydrogen-bond donors (Lipinski definition) is 2. The van der Waals surface area contributed by atoms with Gasteiger partial charge in [0.25, 0.3) is 5.91 Å². The largest absolute Gasteiger partial charge is 0.451 e. The second-order valence-corrected chi connectivity index (χ2v) is 7.95. The molecule has 7 nitrogen and oxygen atoms in total. The zero-order chi connectivity index (χ0) is 18.9. The molecule has 2 aromatic carbocycles. The van der Waals surface area contributed by atoms with Gasteiger partial charge in [-0.1, -0.05) is 17.7 Å². The predicted molar refractivity (Wildman–Crippen MR) is 95.7 cm³/mol. The van der Waals surface area contributed by atoms with Gasteiger partial charge in [-0.2, -0.15) is 0 Å². The highest BCUT2D eigenvalue weighted by Crippen LogP contribution is 2.22. The lowest BCUT2D eigenvalue weighted by molar-refractivity contribution is 0.0832. The zero-order valence-corrected chi connectivity index (χ0v) is 15.0. The van der Waals surface area contributed by atoms with E-state index in [1.807, 2.05) is 0 Å². The van der Waals surface area contributed by atoms with E-state index in [2.05, 4.69) is 10.9 Å². The molecule has 0 spiro atoms. The summed E-state index contributed by atoms with van der Waals surface area (Å²) in [5.41, 5.74) is 4.99. The van der Waals surface area contributed by atoms with E-state index < -0.39 is 21.7 Å². The number of fused-ring (bicyclic) bond motifs is 1. The molecular formula is C17H13ClN2O5S. The molecule has 0 atom stereocenters. The first-order valence-electron chi connectivity index (χ1n) is 7.34. The van der Waals surface area contributed by atoms with Crippen molar-refractivity contribution in [1.82, 2.24) is 10.9 Å². The summed E-state index contributed by atoms with van der Waals surface area (Å²) < 4.78 is 28.5. The van der Waals surface area contributed by atoms with Gasteiger partial charge in [-0.15, -0.1) is 0 Å². The van der Waals surface area contributed by atoms with Crippen LogP contribution in [0.15, 0.2) is 57.8 Å². The molecular weight excluding hydrogens is 380 g/mol. The molecule has 0 bridgehead atoms. The van der Waals surface area contributed by atoms with Crippen molar-refractivity contribution in [3.05, 3.63) is 64.9 Å². The van der Waals surface area contributed by atoms with Crippen LogP contribution in [0.2, 0.25) is 5.02 Å². The van der Waals surface area contributed by atoms with Crippen molar-refractivity contribution in [2.24, 2.45) is 0 Å². The number of furan rings is 1. The number of sulfone groups is 1. The van der Waals surface area contributed by atoms with Gasteiger partial charge in [0, 0.05) is 22.2 Å². The Morgan fingerprint density at radius 2 is 1.73 bits per heavy atom. The van der Waals surface area contributed by atoms with Crippen molar-refractivity contribution < 1.29 is 22.4 Å². The Bertz CT molecular complexity index is 1120. The van der Waals surface area contributed by atoms with Gasteiger partial charge < -0.3 is 4.42 Å². The fraction of sp³-hybridized carbons (Fsp3) is 0.0588. The zero-order valence-electron chi connectivity index (χ0n) is 13.4. The Hall–Kier alpha value is -2.84. The van der Waals surface area contributed by atoms with E-state index in [0.29, 0.717) is 16.0 Å². The number of rotatable bonds is 3. The number of nitrogens with one attached hydrogen (secondary N) is 2. The fourth-order valence-corrected chi connectivity index (χ4v) is 3.09. The topological polar surface area (TPSA) is 105 Å². The number of hydrogen-bond acceptors (Lipinski definition) is 5. The second kappa shape index (κ2) is 6.81.